The fourth-order valence-corrected chi connectivity index (χ4v) is 1.94. The van der Waals surface area contributed by atoms with Gasteiger partial charge in [-0.2, -0.15) is 5.26 Å². The molecule has 1 rings (SSSR count). The molecule has 16 heavy (non-hydrogen) atoms. The van der Waals surface area contributed by atoms with E-state index in [4.69, 9.17) is 10.00 Å². The first-order chi connectivity index (χ1) is 7.60. The minimum atomic E-state index is -0.488. The molecule has 3 atom stereocenters. The molecule has 1 heterocycles. The summed E-state index contributed by atoms with van der Waals surface area (Å²) in [6, 6.07) is 2.18. The maximum Gasteiger partial charge on any atom is 0.240 e. The minimum absolute atomic E-state index is 0.0352. The van der Waals surface area contributed by atoms with E-state index in [1.807, 2.05) is 20.8 Å². The van der Waals surface area contributed by atoms with E-state index in [-0.39, 0.29) is 18.1 Å². The van der Waals surface area contributed by atoms with Crippen LogP contribution in [0.15, 0.2) is 0 Å². The minimum Gasteiger partial charge on any atom is -0.375 e. The number of ether oxygens (including phenoxy) is 1. The van der Waals surface area contributed by atoms with Crippen LogP contribution in [0, 0.1) is 17.2 Å². The number of carbonyl (C=O) groups excluding carboxylic acids is 1. The number of amides is 1. The Balaban J connectivity index is 2.67. The molecule has 0 N–H and O–H groups in total. The second kappa shape index (κ2) is 5.86. The van der Waals surface area contributed by atoms with Crippen LogP contribution in [-0.2, 0) is 9.53 Å². The highest BCUT2D eigenvalue weighted by atomic mass is 16.5. The van der Waals surface area contributed by atoms with Crippen LogP contribution in [0.3, 0.4) is 0 Å². The van der Waals surface area contributed by atoms with Gasteiger partial charge in [0.1, 0.15) is 5.92 Å². The van der Waals surface area contributed by atoms with Crippen molar-refractivity contribution in [2.45, 2.75) is 45.8 Å². The molecule has 1 amide bonds. The molecular formula is C12H20N2O2. The Hall–Kier alpha value is -1.08. The third kappa shape index (κ3) is 2.96. The van der Waals surface area contributed by atoms with E-state index in [1.165, 1.54) is 0 Å². The quantitative estimate of drug-likeness (QED) is 0.731. The lowest BCUT2D eigenvalue weighted by molar-refractivity contribution is -0.146. The first-order valence-electron chi connectivity index (χ1n) is 5.91. The van der Waals surface area contributed by atoms with E-state index in [2.05, 4.69) is 6.07 Å². The van der Waals surface area contributed by atoms with Crippen molar-refractivity contribution in [3.8, 4) is 6.07 Å². The predicted octanol–water partition coefficient (Wildman–Crippen LogP) is 1.56. The zero-order valence-corrected chi connectivity index (χ0v) is 10.3. The van der Waals surface area contributed by atoms with E-state index in [1.54, 1.807) is 4.90 Å². The van der Waals surface area contributed by atoms with Crippen LogP contribution in [-0.4, -0.2) is 36.1 Å². The Morgan fingerprint density at radius 3 is 2.88 bits per heavy atom. The average molecular weight is 224 g/mol. The molecular weight excluding hydrogens is 204 g/mol. The molecule has 0 spiro atoms. The fourth-order valence-electron chi connectivity index (χ4n) is 1.94. The Morgan fingerprint density at radius 1 is 1.62 bits per heavy atom. The van der Waals surface area contributed by atoms with Gasteiger partial charge in [0, 0.05) is 6.54 Å². The molecule has 3 unspecified atom stereocenters. The van der Waals surface area contributed by atoms with Crippen molar-refractivity contribution in [2.75, 3.05) is 13.2 Å². The number of hydrogen-bond donors (Lipinski definition) is 0. The number of morpholine rings is 1. The van der Waals surface area contributed by atoms with Gasteiger partial charge in [0.2, 0.25) is 5.91 Å². The molecule has 0 bridgehead atoms. The summed E-state index contributed by atoms with van der Waals surface area (Å²) in [7, 11) is 0. The van der Waals surface area contributed by atoms with Gasteiger partial charge in [0.15, 0.2) is 0 Å². The van der Waals surface area contributed by atoms with Gasteiger partial charge in [-0.1, -0.05) is 13.3 Å². The Morgan fingerprint density at radius 2 is 2.31 bits per heavy atom. The van der Waals surface area contributed by atoms with Gasteiger partial charge in [0.05, 0.1) is 24.8 Å². The lowest BCUT2D eigenvalue weighted by Crippen LogP contribution is -2.51. The van der Waals surface area contributed by atoms with E-state index >= 15 is 0 Å². The highest BCUT2D eigenvalue weighted by molar-refractivity contribution is 5.81. The SMILES string of the molecule is CCCC(C#N)C(=O)N1CC(C)OCC1C. The summed E-state index contributed by atoms with van der Waals surface area (Å²) in [6.45, 7) is 7.07. The molecule has 4 nitrogen and oxygen atoms in total. The maximum atomic E-state index is 12.1. The van der Waals surface area contributed by atoms with E-state index in [9.17, 15) is 4.79 Å². The largest absolute Gasteiger partial charge is 0.375 e. The van der Waals surface area contributed by atoms with Gasteiger partial charge in [-0.05, 0) is 20.3 Å². The smallest absolute Gasteiger partial charge is 0.240 e. The summed E-state index contributed by atoms with van der Waals surface area (Å²) in [4.78, 5) is 13.9. The molecule has 4 heteroatoms. The summed E-state index contributed by atoms with van der Waals surface area (Å²) in [6.07, 6.45) is 1.58. The molecule has 1 saturated heterocycles. The number of nitrogens with zero attached hydrogens (tertiary/aromatic N) is 2. The predicted molar refractivity (Wildman–Crippen MR) is 60.6 cm³/mol. The van der Waals surface area contributed by atoms with E-state index in [0.29, 0.717) is 19.6 Å². The molecule has 0 radical (unpaired) electrons. The molecule has 0 aromatic heterocycles. The molecule has 1 aliphatic rings. The van der Waals surface area contributed by atoms with Crippen molar-refractivity contribution >= 4 is 5.91 Å². The summed E-state index contributed by atoms with van der Waals surface area (Å²) in [5.74, 6) is -0.523. The average Bonchev–Trinajstić information content (AvgIpc) is 2.28. The van der Waals surface area contributed by atoms with Crippen molar-refractivity contribution < 1.29 is 9.53 Å². The normalized spacial score (nSPS) is 27.2. The van der Waals surface area contributed by atoms with Crippen LogP contribution in [0.2, 0.25) is 0 Å². The van der Waals surface area contributed by atoms with Crippen LogP contribution in [0.4, 0.5) is 0 Å². The highest BCUT2D eigenvalue weighted by Gasteiger charge is 2.31. The van der Waals surface area contributed by atoms with Gasteiger partial charge in [-0.15, -0.1) is 0 Å². The third-order valence-electron chi connectivity index (χ3n) is 2.92. The van der Waals surface area contributed by atoms with Gasteiger partial charge >= 0.3 is 0 Å². The Kier molecular flexibility index (Phi) is 4.75. The van der Waals surface area contributed by atoms with Crippen molar-refractivity contribution in [1.29, 1.82) is 5.26 Å². The number of nitriles is 1. The van der Waals surface area contributed by atoms with Crippen molar-refractivity contribution in [3.63, 3.8) is 0 Å². The molecule has 0 saturated carbocycles. The second-order valence-electron chi connectivity index (χ2n) is 4.45. The van der Waals surface area contributed by atoms with Crippen molar-refractivity contribution in [2.24, 2.45) is 5.92 Å². The van der Waals surface area contributed by atoms with E-state index < -0.39 is 5.92 Å². The van der Waals surface area contributed by atoms with Crippen LogP contribution < -0.4 is 0 Å². The topological polar surface area (TPSA) is 53.3 Å². The molecule has 1 fully saturated rings. The molecule has 0 aliphatic carbocycles. The first kappa shape index (κ1) is 13.0. The van der Waals surface area contributed by atoms with Crippen LogP contribution in [0.5, 0.6) is 0 Å². The monoisotopic (exact) mass is 224 g/mol. The number of rotatable bonds is 3. The summed E-state index contributed by atoms with van der Waals surface area (Å²) in [5, 5.41) is 8.98. The Bertz CT molecular complexity index is 285. The van der Waals surface area contributed by atoms with Gasteiger partial charge < -0.3 is 9.64 Å². The molecule has 0 aromatic rings. The highest BCUT2D eigenvalue weighted by Crippen LogP contribution is 2.17. The standard InChI is InChI=1S/C12H20N2O2/c1-4-5-11(6-13)12(15)14-7-10(3)16-8-9(14)2/h9-11H,4-5,7-8H2,1-3H3. The summed E-state index contributed by atoms with van der Waals surface area (Å²) >= 11 is 0. The van der Waals surface area contributed by atoms with Gasteiger partial charge in [-0.3, -0.25) is 4.79 Å². The fraction of sp³-hybridized carbons (Fsp3) is 0.833. The molecule has 1 aliphatic heterocycles. The third-order valence-corrected chi connectivity index (χ3v) is 2.92. The lowest BCUT2D eigenvalue weighted by atomic mass is 10.0. The number of carbonyl (C=O) groups is 1. The summed E-state index contributed by atoms with van der Waals surface area (Å²) in [5.41, 5.74) is 0. The molecule has 0 aromatic carbocycles. The van der Waals surface area contributed by atoms with Crippen LogP contribution in [0.1, 0.15) is 33.6 Å². The Labute approximate surface area is 97.2 Å². The van der Waals surface area contributed by atoms with Crippen molar-refractivity contribution in [3.05, 3.63) is 0 Å². The summed E-state index contributed by atoms with van der Waals surface area (Å²) < 4.78 is 5.47. The molecule has 90 valence electrons. The van der Waals surface area contributed by atoms with Gasteiger partial charge in [0.25, 0.3) is 0 Å². The number of hydrogen-bond acceptors (Lipinski definition) is 3. The van der Waals surface area contributed by atoms with Gasteiger partial charge in [-0.25, -0.2) is 0 Å². The van der Waals surface area contributed by atoms with Crippen molar-refractivity contribution in [1.82, 2.24) is 4.90 Å². The zero-order chi connectivity index (χ0) is 12.1. The van der Waals surface area contributed by atoms with E-state index in [0.717, 1.165) is 6.42 Å². The van der Waals surface area contributed by atoms with Crippen LogP contribution in [0.25, 0.3) is 0 Å². The maximum absolute atomic E-state index is 12.1. The first-order valence-corrected chi connectivity index (χ1v) is 5.91. The zero-order valence-electron chi connectivity index (χ0n) is 10.3. The van der Waals surface area contributed by atoms with Crippen LogP contribution >= 0.6 is 0 Å². The lowest BCUT2D eigenvalue weighted by Gasteiger charge is -2.37. The second-order valence-corrected chi connectivity index (χ2v) is 4.45.